The Balaban J connectivity index is 2.07. The minimum Gasteiger partial charge on any atom is -0.309 e. The van der Waals surface area contributed by atoms with Crippen molar-refractivity contribution in [2.24, 2.45) is 0 Å². The van der Waals surface area contributed by atoms with Gasteiger partial charge in [0.15, 0.2) is 0 Å². The van der Waals surface area contributed by atoms with E-state index in [0.29, 0.717) is 12.1 Å². The minimum absolute atomic E-state index is 0.137. The first kappa shape index (κ1) is 12.5. The highest BCUT2D eigenvalue weighted by Crippen LogP contribution is 2.15. The van der Waals surface area contributed by atoms with Gasteiger partial charge in [-0.2, -0.15) is 0 Å². The van der Waals surface area contributed by atoms with Gasteiger partial charge in [0.2, 0.25) is 0 Å². The summed E-state index contributed by atoms with van der Waals surface area (Å²) in [4.78, 5) is 2.40. The van der Waals surface area contributed by atoms with E-state index in [2.05, 4.69) is 24.1 Å². The molecule has 2 nitrogen and oxygen atoms in total. The first-order valence-electron chi connectivity index (χ1n) is 6.28. The minimum atomic E-state index is -0.137. The van der Waals surface area contributed by atoms with E-state index in [1.54, 1.807) is 6.07 Å². The van der Waals surface area contributed by atoms with Crippen molar-refractivity contribution in [1.29, 1.82) is 0 Å². The van der Waals surface area contributed by atoms with Crippen LogP contribution >= 0.6 is 0 Å². The van der Waals surface area contributed by atoms with E-state index in [0.717, 1.165) is 25.2 Å². The molecule has 0 radical (unpaired) electrons. The van der Waals surface area contributed by atoms with Crippen LogP contribution in [0.4, 0.5) is 4.39 Å². The topological polar surface area (TPSA) is 15.3 Å². The molecule has 0 saturated carbocycles. The largest absolute Gasteiger partial charge is 0.309 e. The van der Waals surface area contributed by atoms with Crippen LogP contribution in [-0.4, -0.2) is 30.1 Å². The Morgan fingerprint density at radius 2 is 1.94 bits per heavy atom. The molecule has 1 saturated heterocycles. The summed E-state index contributed by atoms with van der Waals surface area (Å²) in [5, 5.41) is 3.51. The van der Waals surface area contributed by atoms with Crippen molar-refractivity contribution in [3.8, 4) is 0 Å². The molecule has 2 rings (SSSR count). The van der Waals surface area contributed by atoms with Crippen LogP contribution in [0.1, 0.15) is 25.0 Å². The van der Waals surface area contributed by atoms with Gasteiger partial charge in [-0.25, -0.2) is 4.39 Å². The fourth-order valence-corrected chi connectivity index (χ4v) is 2.62. The Kier molecular flexibility index (Phi) is 3.79. The van der Waals surface area contributed by atoms with E-state index in [1.807, 2.05) is 13.0 Å². The van der Waals surface area contributed by atoms with Crippen molar-refractivity contribution in [1.82, 2.24) is 10.2 Å². The third-order valence-electron chi connectivity index (χ3n) is 3.34. The molecular formula is C14H21FN2. The summed E-state index contributed by atoms with van der Waals surface area (Å²) in [6.07, 6.45) is 0. The van der Waals surface area contributed by atoms with Gasteiger partial charge in [-0.3, -0.25) is 4.90 Å². The molecule has 0 aromatic heterocycles. The average Bonchev–Trinajstić information content (AvgIpc) is 2.22. The van der Waals surface area contributed by atoms with Gasteiger partial charge in [0.05, 0.1) is 0 Å². The van der Waals surface area contributed by atoms with Crippen molar-refractivity contribution in [2.75, 3.05) is 13.1 Å². The van der Waals surface area contributed by atoms with Crippen LogP contribution in [0.25, 0.3) is 0 Å². The highest BCUT2D eigenvalue weighted by Gasteiger charge is 2.21. The molecule has 1 aromatic carbocycles. The van der Waals surface area contributed by atoms with Gasteiger partial charge in [0, 0.05) is 31.7 Å². The van der Waals surface area contributed by atoms with Crippen molar-refractivity contribution in [3.05, 3.63) is 35.1 Å². The van der Waals surface area contributed by atoms with Gasteiger partial charge < -0.3 is 5.32 Å². The monoisotopic (exact) mass is 236 g/mol. The fourth-order valence-electron chi connectivity index (χ4n) is 2.62. The number of piperazine rings is 1. The molecule has 2 atom stereocenters. The molecular weight excluding hydrogens is 215 g/mol. The Bertz CT molecular complexity index is 382. The molecule has 3 heteroatoms. The zero-order valence-corrected chi connectivity index (χ0v) is 10.8. The molecule has 0 spiro atoms. The molecule has 2 unspecified atom stereocenters. The highest BCUT2D eigenvalue weighted by atomic mass is 19.1. The summed E-state index contributed by atoms with van der Waals surface area (Å²) < 4.78 is 13.2. The number of nitrogens with one attached hydrogen (secondary N) is 1. The maximum Gasteiger partial charge on any atom is 0.123 e. The molecule has 1 aliphatic heterocycles. The van der Waals surface area contributed by atoms with Crippen LogP contribution in [-0.2, 0) is 6.54 Å². The Morgan fingerprint density at radius 1 is 1.29 bits per heavy atom. The predicted octanol–water partition coefficient (Wildman–Crippen LogP) is 2.32. The third kappa shape index (κ3) is 3.27. The summed E-state index contributed by atoms with van der Waals surface area (Å²) in [7, 11) is 0. The lowest BCUT2D eigenvalue weighted by atomic mass is 10.1. The highest BCUT2D eigenvalue weighted by molar-refractivity contribution is 5.26. The normalized spacial score (nSPS) is 26.1. The Morgan fingerprint density at radius 3 is 2.59 bits per heavy atom. The number of halogens is 1. The van der Waals surface area contributed by atoms with Crippen molar-refractivity contribution >= 4 is 0 Å². The summed E-state index contributed by atoms with van der Waals surface area (Å²) in [5.41, 5.74) is 2.27. The van der Waals surface area contributed by atoms with E-state index in [4.69, 9.17) is 0 Å². The van der Waals surface area contributed by atoms with E-state index in [9.17, 15) is 4.39 Å². The van der Waals surface area contributed by atoms with Gasteiger partial charge in [0.1, 0.15) is 5.82 Å². The van der Waals surface area contributed by atoms with E-state index < -0.39 is 0 Å². The molecule has 17 heavy (non-hydrogen) atoms. The van der Waals surface area contributed by atoms with E-state index >= 15 is 0 Å². The first-order chi connectivity index (χ1) is 8.04. The second kappa shape index (κ2) is 5.15. The van der Waals surface area contributed by atoms with Crippen molar-refractivity contribution < 1.29 is 4.39 Å². The van der Waals surface area contributed by atoms with Crippen LogP contribution in [0, 0.1) is 12.7 Å². The Labute approximate surface area is 103 Å². The van der Waals surface area contributed by atoms with Crippen LogP contribution in [0.3, 0.4) is 0 Å². The van der Waals surface area contributed by atoms with Gasteiger partial charge in [-0.15, -0.1) is 0 Å². The standard InChI is InChI=1S/C14H21FN2/c1-10-4-5-14(15)6-13(10)9-17-7-11(2)16-12(3)8-17/h4-6,11-12,16H,7-9H2,1-3H3. The van der Waals surface area contributed by atoms with Crippen LogP contribution in [0.15, 0.2) is 18.2 Å². The van der Waals surface area contributed by atoms with Gasteiger partial charge >= 0.3 is 0 Å². The summed E-state index contributed by atoms with van der Waals surface area (Å²) in [5.74, 6) is -0.137. The summed E-state index contributed by atoms with van der Waals surface area (Å²) in [6.45, 7) is 9.34. The van der Waals surface area contributed by atoms with Gasteiger partial charge in [-0.05, 0) is 44.0 Å². The SMILES string of the molecule is Cc1ccc(F)cc1CN1CC(C)NC(C)C1. The second-order valence-corrected chi connectivity index (χ2v) is 5.23. The molecule has 0 bridgehead atoms. The lowest BCUT2D eigenvalue weighted by Gasteiger charge is -2.36. The predicted molar refractivity (Wildman–Crippen MR) is 68.5 cm³/mol. The van der Waals surface area contributed by atoms with Crippen molar-refractivity contribution in [3.63, 3.8) is 0 Å². The van der Waals surface area contributed by atoms with Crippen LogP contribution < -0.4 is 5.32 Å². The molecule has 1 heterocycles. The smallest absolute Gasteiger partial charge is 0.123 e. The van der Waals surface area contributed by atoms with Gasteiger partial charge in [-0.1, -0.05) is 6.07 Å². The van der Waals surface area contributed by atoms with E-state index in [1.165, 1.54) is 11.6 Å². The molecule has 1 aliphatic rings. The molecule has 1 aromatic rings. The Hall–Kier alpha value is -0.930. The number of hydrogen-bond acceptors (Lipinski definition) is 2. The quantitative estimate of drug-likeness (QED) is 0.847. The number of hydrogen-bond donors (Lipinski definition) is 1. The molecule has 94 valence electrons. The van der Waals surface area contributed by atoms with Crippen LogP contribution in [0.2, 0.25) is 0 Å². The third-order valence-corrected chi connectivity index (χ3v) is 3.34. The molecule has 0 aliphatic carbocycles. The maximum atomic E-state index is 13.2. The average molecular weight is 236 g/mol. The maximum absolute atomic E-state index is 13.2. The number of rotatable bonds is 2. The fraction of sp³-hybridized carbons (Fsp3) is 0.571. The number of benzene rings is 1. The lowest BCUT2D eigenvalue weighted by Crippen LogP contribution is -2.53. The van der Waals surface area contributed by atoms with Crippen molar-refractivity contribution in [2.45, 2.75) is 39.4 Å². The first-order valence-corrected chi connectivity index (χ1v) is 6.28. The number of nitrogens with zero attached hydrogens (tertiary/aromatic N) is 1. The summed E-state index contributed by atoms with van der Waals surface area (Å²) >= 11 is 0. The zero-order valence-electron chi connectivity index (χ0n) is 10.8. The number of aryl methyl sites for hydroxylation is 1. The lowest BCUT2D eigenvalue weighted by molar-refractivity contribution is 0.166. The molecule has 0 amide bonds. The van der Waals surface area contributed by atoms with Crippen LogP contribution in [0.5, 0.6) is 0 Å². The summed E-state index contributed by atoms with van der Waals surface area (Å²) in [6, 6.07) is 6.06. The van der Waals surface area contributed by atoms with E-state index in [-0.39, 0.29) is 5.82 Å². The second-order valence-electron chi connectivity index (χ2n) is 5.23. The zero-order chi connectivity index (χ0) is 12.4. The van der Waals surface area contributed by atoms with Gasteiger partial charge in [0.25, 0.3) is 0 Å². The molecule has 1 N–H and O–H groups in total. The molecule has 1 fully saturated rings.